The van der Waals surface area contributed by atoms with E-state index in [0.29, 0.717) is 5.02 Å². The number of hydrogen-bond acceptors (Lipinski definition) is 8. The van der Waals surface area contributed by atoms with Crippen molar-refractivity contribution in [2.24, 2.45) is 7.05 Å². The molecule has 0 amide bonds. The van der Waals surface area contributed by atoms with Gasteiger partial charge in [0.25, 0.3) is 5.01 Å². The number of thiophene rings is 1. The van der Waals surface area contributed by atoms with Crippen molar-refractivity contribution in [2.75, 3.05) is 5.73 Å². The number of nitrogens with two attached hydrogens (primary N) is 1. The van der Waals surface area contributed by atoms with E-state index in [1.165, 1.54) is 15.2 Å². The second-order valence-electron chi connectivity index (χ2n) is 10.5. The van der Waals surface area contributed by atoms with Gasteiger partial charge in [0, 0.05) is 33.8 Å². The lowest BCUT2D eigenvalue weighted by molar-refractivity contribution is -0.642. The van der Waals surface area contributed by atoms with Crippen LogP contribution in [0.4, 0.5) is 5.95 Å². The molecule has 0 aliphatic heterocycles. The molecular weight excluding hydrogens is 824 g/mol. The van der Waals surface area contributed by atoms with Crippen LogP contribution >= 0.6 is 57.2 Å². The van der Waals surface area contributed by atoms with Gasteiger partial charge in [-0.3, -0.25) is 0 Å². The molecule has 0 radical (unpaired) electrons. The zero-order valence-electron chi connectivity index (χ0n) is 25.8. The molecule has 49 heavy (non-hydrogen) atoms. The monoisotopic (exact) mass is 849 g/mol. The van der Waals surface area contributed by atoms with Gasteiger partial charge in [-0.25, -0.2) is 15.0 Å². The van der Waals surface area contributed by atoms with Crippen LogP contribution in [-0.2, 0) is 7.05 Å². The van der Waals surface area contributed by atoms with Crippen molar-refractivity contribution in [1.29, 1.82) is 0 Å². The van der Waals surface area contributed by atoms with Gasteiger partial charge in [-0.15, -0.1) is 22.7 Å². The number of furan rings is 1. The van der Waals surface area contributed by atoms with Crippen molar-refractivity contribution in [3.05, 3.63) is 134 Å². The Morgan fingerprint density at radius 3 is 2.37 bits per heavy atom. The predicted molar refractivity (Wildman–Crippen MR) is 204 cm³/mol. The zero-order chi connectivity index (χ0) is 33.0. The van der Waals surface area contributed by atoms with Crippen molar-refractivity contribution in [1.82, 2.24) is 15.0 Å². The second-order valence-corrected chi connectivity index (χ2v) is 14.6. The number of hydrogen-bond donors (Lipinski definition) is 1. The maximum absolute atomic E-state index is 6.17. The van der Waals surface area contributed by atoms with Crippen LogP contribution in [0.25, 0.3) is 66.6 Å². The Balaban J connectivity index is 0.000000167. The van der Waals surface area contributed by atoms with Crippen LogP contribution in [0.3, 0.4) is 0 Å². The Hall–Kier alpha value is -3.91. The number of aryl methyl sites for hydroxylation is 1. The number of para-hydroxylation sites is 2. The van der Waals surface area contributed by atoms with Crippen molar-refractivity contribution in [3.63, 3.8) is 0 Å². The number of anilines is 1. The molecule has 3 aromatic carbocycles. The molecule has 8 rings (SSSR count). The van der Waals surface area contributed by atoms with Gasteiger partial charge in [-0.2, -0.15) is 4.57 Å². The molecule has 5 aromatic heterocycles. The Kier molecular flexibility index (Phi) is 11.2. The number of benzene rings is 3. The summed E-state index contributed by atoms with van der Waals surface area (Å²) in [4.78, 5) is 14.9. The first kappa shape index (κ1) is 34.9. The fourth-order valence-corrected chi connectivity index (χ4v) is 8.11. The topological polar surface area (TPSA) is 81.7 Å². The molecule has 6 nitrogen and oxygen atoms in total. The third-order valence-electron chi connectivity index (χ3n) is 7.25. The quantitative estimate of drug-likeness (QED) is 0.136. The minimum absolute atomic E-state index is 0. The Morgan fingerprint density at radius 1 is 0.755 bits per heavy atom. The molecule has 0 saturated heterocycles. The highest BCUT2D eigenvalue weighted by molar-refractivity contribution is 7.19. The number of aromatic nitrogens is 4. The molecule has 0 spiro atoms. The molecule has 8 aromatic rings. The van der Waals surface area contributed by atoms with Crippen molar-refractivity contribution in [3.8, 4) is 21.9 Å². The van der Waals surface area contributed by atoms with E-state index in [4.69, 9.17) is 33.4 Å². The maximum atomic E-state index is 6.17. The van der Waals surface area contributed by atoms with Gasteiger partial charge >= 0.3 is 0 Å². The summed E-state index contributed by atoms with van der Waals surface area (Å²) >= 11 is 17.1. The van der Waals surface area contributed by atoms with Crippen LogP contribution in [0.1, 0.15) is 20.7 Å². The SMILES string of the molecule is C[n+]1c(/C=C/c2ccc(-c3ccc(Cl)cc3)o2)sc2ccccc21.Nc1nccc(-c2ccc(/C=C/c3nc4c(Cl)cccc4s3)s2)n1.[I-]. The van der Waals surface area contributed by atoms with E-state index >= 15 is 0 Å². The van der Waals surface area contributed by atoms with E-state index in [1.54, 1.807) is 40.2 Å². The molecule has 0 saturated carbocycles. The molecule has 0 unspecified atom stereocenters. The van der Waals surface area contributed by atoms with Gasteiger partial charge in [0.2, 0.25) is 11.5 Å². The van der Waals surface area contributed by atoms with Crippen LogP contribution < -0.4 is 34.3 Å². The molecular formula is C37H26Cl2IN5OS3. The van der Waals surface area contributed by atoms with Crippen LogP contribution in [0.15, 0.2) is 108 Å². The molecule has 12 heteroatoms. The molecule has 5 heterocycles. The Morgan fingerprint density at radius 2 is 1.57 bits per heavy atom. The fourth-order valence-electron chi connectivity index (χ4n) is 4.88. The third kappa shape index (κ3) is 8.29. The van der Waals surface area contributed by atoms with E-state index in [9.17, 15) is 0 Å². The molecule has 0 aliphatic rings. The number of nitrogen functional groups attached to an aromatic ring is 1. The Bertz CT molecular complexity index is 2430. The molecule has 0 bridgehead atoms. The Labute approximate surface area is 321 Å². The van der Waals surface area contributed by atoms with Gasteiger partial charge in [0.1, 0.15) is 33.8 Å². The summed E-state index contributed by atoms with van der Waals surface area (Å²) in [6.07, 6.45) is 9.81. The number of nitrogens with zero attached hydrogens (tertiary/aromatic N) is 4. The minimum Gasteiger partial charge on any atom is -1.00 e. The molecule has 244 valence electrons. The second kappa shape index (κ2) is 15.8. The summed E-state index contributed by atoms with van der Waals surface area (Å²) in [6.45, 7) is 0. The lowest BCUT2D eigenvalue weighted by atomic mass is 10.2. The smallest absolute Gasteiger partial charge is 0.262 e. The molecule has 0 aliphatic carbocycles. The van der Waals surface area contributed by atoms with Crippen molar-refractivity contribution < 1.29 is 33.0 Å². The summed E-state index contributed by atoms with van der Waals surface area (Å²) in [6, 6.07) is 31.8. The largest absolute Gasteiger partial charge is 1.00 e. The summed E-state index contributed by atoms with van der Waals surface area (Å²) in [5, 5.41) is 3.52. The van der Waals surface area contributed by atoms with Crippen molar-refractivity contribution >= 4 is 108 Å². The summed E-state index contributed by atoms with van der Waals surface area (Å²) < 4.78 is 10.5. The average molecular weight is 851 g/mol. The van der Waals surface area contributed by atoms with E-state index in [2.05, 4.69) is 63.0 Å². The van der Waals surface area contributed by atoms with E-state index in [1.807, 2.05) is 85.0 Å². The van der Waals surface area contributed by atoms with Gasteiger partial charge in [0.15, 0.2) is 0 Å². The standard InChI is InChI=1S/C20H15ClNOS.C17H11ClN4S2.HI/c1-22-17-4-2-3-5-19(17)24-20(22)13-11-16-10-12-18(23-16)14-6-8-15(21)9-7-14;18-11-2-1-3-14-16(11)22-15(24-14)7-5-10-4-6-13(23-10)12-8-9-20-17(19)21-12;/h2-13H,1H3;1-9H,(H2,19,20,21);1H/q+1;;/p-1/b13-11+;7-5+;. The average Bonchev–Trinajstić information content (AvgIpc) is 3.91. The van der Waals surface area contributed by atoms with E-state index in [-0.39, 0.29) is 29.9 Å². The number of thiazole rings is 2. The zero-order valence-corrected chi connectivity index (χ0v) is 31.9. The first-order valence-electron chi connectivity index (χ1n) is 14.7. The summed E-state index contributed by atoms with van der Waals surface area (Å²) in [5.41, 5.74) is 9.58. The highest BCUT2D eigenvalue weighted by atomic mass is 127. The molecule has 0 atom stereocenters. The lowest BCUT2D eigenvalue weighted by Gasteiger charge is -1.96. The maximum Gasteiger partial charge on any atom is 0.262 e. The highest BCUT2D eigenvalue weighted by Gasteiger charge is 2.14. The fraction of sp³-hybridized carbons (Fsp3) is 0.0270. The minimum atomic E-state index is 0. The number of rotatable bonds is 6. The van der Waals surface area contributed by atoms with Crippen LogP contribution in [-0.4, -0.2) is 15.0 Å². The number of halogens is 3. The third-order valence-corrected chi connectivity index (χ3v) is 11.0. The number of fused-ring (bicyclic) bond motifs is 2. The first-order chi connectivity index (χ1) is 23.4. The van der Waals surface area contributed by atoms with Crippen LogP contribution in [0.2, 0.25) is 10.0 Å². The first-order valence-corrected chi connectivity index (χ1v) is 17.9. The normalized spacial score (nSPS) is 11.3. The molecule has 0 fully saturated rings. The van der Waals surface area contributed by atoms with Crippen molar-refractivity contribution in [2.45, 2.75) is 0 Å². The van der Waals surface area contributed by atoms with Gasteiger partial charge in [-0.1, -0.05) is 52.7 Å². The summed E-state index contributed by atoms with van der Waals surface area (Å²) in [5.74, 6) is 1.95. The molecule has 2 N–H and O–H groups in total. The highest BCUT2D eigenvalue weighted by Crippen LogP contribution is 2.31. The van der Waals surface area contributed by atoms with Gasteiger partial charge in [0.05, 0.1) is 20.3 Å². The van der Waals surface area contributed by atoms with Gasteiger partial charge in [-0.05, 0) is 91.0 Å². The van der Waals surface area contributed by atoms with Crippen LogP contribution in [0.5, 0.6) is 0 Å². The summed E-state index contributed by atoms with van der Waals surface area (Å²) in [7, 11) is 2.08. The van der Waals surface area contributed by atoms with E-state index in [0.717, 1.165) is 52.8 Å². The van der Waals surface area contributed by atoms with Gasteiger partial charge < -0.3 is 34.1 Å². The predicted octanol–water partition coefficient (Wildman–Crippen LogP) is 8.03. The lowest BCUT2D eigenvalue weighted by Crippen LogP contribution is -3.00. The van der Waals surface area contributed by atoms with Crippen LogP contribution in [0, 0.1) is 0 Å². The van der Waals surface area contributed by atoms with E-state index < -0.39 is 0 Å².